The molecule has 0 bridgehead atoms. The summed E-state index contributed by atoms with van der Waals surface area (Å²) in [6.45, 7) is 3.22. The lowest BCUT2D eigenvalue weighted by Crippen LogP contribution is -2.39. The predicted octanol–water partition coefficient (Wildman–Crippen LogP) is 4.22. The van der Waals surface area contributed by atoms with Crippen LogP contribution < -0.4 is 10.2 Å². The Balaban J connectivity index is 1.68. The highest BCUT2D eigenvalue weighted by Crippen LogP contribution is 2.47. The molecule has 1 saturated heterocycles. The van der Waals surface area contributed by atoms with E-state index >= 15 is 0 Å². The summed E-state index contributed by atoms with van der Waals surface area (Å²) in [5, 5.41) is 4.07. The van der Waals surface area contributed by atoms with Gasteiger partial charge in [-0.15, -0.1) is 0 Å². The largest absolute Gasteiger partial charge is 0.370 e. The van der Waals surface area contributed by atoms with Crippen LogP contribution in [-0.2, 0) is 6.54 Å². The van der Waals surface area contributed by atoms with Crippen LogP contribution in [0.5, 0.6) is 0 Å². The van der Waals surface area contributed by atoms with Gasteiger partial charge in [-0.25, -0.2) is 0 Å². The summed E-state index contributed by atoms with van der Waals surface area (Å²) in [5.74, 6) is 0. The van der Waals surface area contributed by atoms with Gasteiger partial charge in [0, 0.05) is 19.6 Å². The minimum atomic E-state index is 0.676. The van der Waals surface area contributed by atoms with Gasteiger partial charge in [0.1, 0.15) is 0 Å². The van der Waals surface area contributed by atoms with E-state index in [-0.39, 0.29) is 0 Å². The number of nitrogens with one attached hydrogen (secondary N) is 1. The molecule has 1 aliphatic heterocycles. The van der Waals surface area contributed by atoms with E-state index in [0.29, 0.717) is 5.41 Å². The molecule has 1 aliphatic carbocycles. The molecule has 1 aromatic rings. The lowest BCUT2D eigenvalue weighted by atomic mass is 9.77. The number of piperidine rings is 1. The third-order valence-corrected chi connectivity index (χ3v) is 5.52. The van der Waals surface area contributed by atoms with Crippen LogP contribution in [0.25, 0.3) is 0 Å². The normalized spacial score (nSPS) is 21.6. The SMILES string of the molecule is CNCc1ccc(N2CCC3(CCCC3)CC2)c(Cl)c1. The number of benzene rings is 1. The van der Waals surface area contributed by atoms with E-state index in [0.717, 1.165) is 11.6 Å². The summed E-state index contributed by atoms with van der Waals surface area (Å²) in [5.41, 5.74) is 3.15. The molecule has 1 heterocycles. The molecule has 1 N–H and O–H groups in total. The van der Waals surface area contributed by atoms with Crippen molar-refractivity contribution in [2.24, 2.45) is 5.41 Å². The van der Waals surface area contributed by atoms with Gasteiger partial charge in [-0.1, -0.05) is 30.5 Å². The van der Waals surface area contributed by atoms with E-state index in [1.165, 1.54) is 62.9 Å². The second-order valence-corrected chi connectivity index (χ2v) is 6.92. The monoisotopic (exact) mass is 292 g/mol. The molecular weight excluding hydrogens is 268 g/mol. The first kappa shape index (κ1) is 14.2. The molecule has 20 heavy (non-hydrogen) atoms. The third-order valence-electron chi connectivity index (χ3n) is 5.22. The molecule has 1 spiro atoms. The van der Waals surface area contributed by atoms with Crippen molar-refractivity contribution < 1.29 is 0 Å². The number of nitrogens with zero attached hydrogens (tertiary/aromatic N) is 1. The highest BCUT2D eigenvalue weighted by molar-refractivity contribution is 6.33. The molecule has 2 fully saturated rings. The Hall–Kier alpha value is -0.730. The Kier molecular flexibility index (Phi) is 4.23. The minimum absolute atomic E-state index is 0.676. The number of hydrogen-bond donors (Lipinski definition) is 1. The first-order valence-corrected chi connectivity index (χ1v) is 8.28. The standard InChI is InChI=1S/C17H25ClN2/c1-19-13-14-4-5-16(15(18)12-14)20-10-8-17(9-11-20)6-2-3-7-17/h4-5,12,19H,2-3,6-11,13H2,1H3. The molecule has 0 radical (unpaired) electrons. The van der Waals surface area contributed by atoms with Gasteiger partial charge in [0.2, 0.25) is 0 Å². The number of rotatable bonds is 3. The summed E-state index contributed by atoms with van der Waals surface area (Å²) in [6, 6.07) is 6.49. The molecule has 2 nitrogen and oxygen atoms in total. The highest BCUT2D eigenvalue weighted by atomic mass is 35.5. The molecule has 3 rings (SSSR count). The Morgan fingerprint density at radius 2 is 1.85 bits per heavy atom. The maximum Gasteiger partial charge on any atom is 0.0642 e. The first-order valence-electron chi connectivity index (χ1n) is 7.90. The number of anilines is 1. The van der Waals surface area contributed by atoms with Gasteiger partial charge in [0.15, 0.2) is 0 Å². The van der Waals surface area contributed by atoms with Gasteiger partial charge in [0.25, 0.3) is 0 Å². The van der Waals surface area contributed by atoms with Gasteiger partial charge in [-0.2, -0.15) is 0 Å². The van der Waals surface area contributed by atoms with E-state index in [1.807, 2.05) is 7.05 Å². The van der Waals surface area contributed by atoms with Gasteiger partial charge in [-0.3, -0.25) is 0 Å². The van der Waals surface area contributed by atoms with Crippen molar-refractivity contribution in [2.75, 3.05) is 25.0 Å². The Morgan fingerprint density at radius 1 is 1.15 bits per heavy atom. The zero-order valence-corrected chi connectivity index (χ0v) is 13.2. The van der Waals surface area contributed by atoms with Crippen molar-refractivity contribution in [2.45, 2.75) is 45.1 Å². The van der Waals surface area contributed by atoms with Crippen molar-refractivity contribution in [3.05, 3.63) is 28.8 Å². The summed E-state index contributed by atoms with van der Waals surface area (Å²) in [6.07, 6.45) is 8.49. The molecule has 0 amide bonds. The van der Waals surface area contributed by atoms with Crippen LogP contribution in [0, 0.1) is 5.41 Å². The predicted molar refractivity (Wildman–Crippen MR) is 86.6 cm³/mol. The molecule has 0 aromatic heterocycles. The van der Waals surface area contributed by atoms with E-state index in [4.69, 9.17) is 11.6 Å². The van der Waals surface area contributed by atoms with Gasteiger partial charge >= 0.3 is 0 Å². The Morgan fingerprint density at radius 3 is 2.45 bits per heavy atom. The van der Waals surface area contributed by atoms with Gasteiger partial charge in [-0.05, 0) is 55.8 Å². The Labute approximate surface area is 127 Å². The van der Waals surface area contributed by atoms with E-state index in [2.05, 4.69) is 28.4 Å². The zero-order chi connectivity index (χ0) is 14.0. The zero-order valence-electron chi connectivity index (χ0n) is 12.4. The van der Waals surface area contributed by atoms with Crippen molar-refractivity contribution in [1.29, 1.82) is 0 Å². The fourth-order valence-electron chi connectivity index (χ4n) is 3.97. The molecule has 2 aliphatic rings. The maximum absolute atomic E-state index is 6.48. The molecule has 3 heteroatoms. The van der Waals surface area contributed by atoms with Crippen molar-refractivity contribution >= 4 is 17.3 Å². The first-order chi connectivity index (χ1) is 9.72. The van der Waals surface area contributed by atoms with Gasteiger partial charge < -0.3 is 10.2 Å². The molecular formula is C17H25ClN2. The van der Waals surface area contributed by atoms with Crippen molar-refractivity contribution in [3.8, 4) is 0 Å². The quantitative estimate of drug-likeness (QED) is 0.897. The van der Waals surface area contributed by atoms with Gasteiger partial charge in [0.05, 0.1) is 10.7 Å². The summed E-state index contributed by atoms with van der Waals surface area (Å²) in [7, 11) is 1.97. The van der Waals surface area contributed by atoms with Crippen LogP contribution in [0.4, 0.5) is 5.69 Å². The Bertz CT molecular complexity index is 456. The van der Waals surface area contributed by atoms with Crippen LogP contribution >= 0.6 is 11.6 Å². The fourth-order valence-corrected chi connectivity index (χ4v) is 4.29. The fraction of sp³-hybridized carbons (Fsp3) is 0.647. The number of halogens is 1. The van der Waals surface area contributed by atoms with Crippen LogP contribution in [-0.4, -0.2) is 20.1 Å². The topological polar surface area (TPSA) is 15.3 Å². The highest BCUT2D eigenvalue weighted by Gasteiger charge is 2.37. The average molecular weight is 293 g/mol. The van der Waals surface area contributed by atoms with Crippen LogP contribution in [0.15, 0.2) is 18.2 Å². The summed E-state index contributed by atoms with van der Waals surface area (Å²) < 4.78 is 0. The van der Waals surface area contributed by atoms with Crippen molar-refractivity contribution in [1.82, 2.24) is 5.32 Å². The minimum Gasteiger partial charge on any atom is -0.370 e. The van der Waals surface area contributed by atoms with Crippen molar-refractivity contribution in [3.63, 3.8) is 0 Å². The smallest absolute Gasteiger partial charge is 0.0642 e. The van der Waals surface area contributed by atoms with Crippen LogP contribution in [0.3, 0.4) is 0 Å². The second-order valence-electron chi connectivity index (χ2n) is 6.51. The lowest BCUT2D eigenvalue weighted by molar-refractivity contribution is 0.226. The second kappa shape index (κ2) is 5.95. The van der Waals surface area contributed by atoms with E-state index in [1.54, 1.807) is 0 Å². The summed E-state index contributed by atoms with van der Waals surface area (Å²) >= 11 is 6.48. The van der Waals surface area contributed by atoms with Crippen LogP contribution in [0.2, 0.25) is 5.02 Å². The molecule has 1 saturated carbocycles. The summed E-state index contributed by atoms with van der Waals surface area (Å²) in [4.78, 5) is 2.48. The molecule has 1 aromatic carbocycles. The average Bonchev–Trinajstić information content (AvgIpc) is 2.89. The lowest BCUT2D eigenvalue weighted by Gasteiger charge is -2.40. The molecule has 0 unspecified atom stereocenters. The van der Waals surface area contributed by atoms with Crippen LogP contribution in [0.1, 0.15) is 44.1 Å². The number of hydrogen-bond acceptors (Lipinski definition) is 2. The molecule has 0 atom stereocenters. The maximum atomic E-state index is 6.48. The van der Waals surface area contributed by atoms with E-state index in [9.17, 15) is 0 Å². The molecule has 110 valence electrons. The third kappa shape index (κ3) is 2.82. The van der Waals surface area contributed by atoms with E-state index < -0.39 is 0 Å².